The van der Waals surface area contributed by atoms with Crippen LogP contribution in [0.5, 0.6) is 5.75 Å². The molecule has 1 N–H and O–H groups in total. The zero-order valence-electron chi connectivity index (χ0n) is 19.4. The maximum absolute atomic E-state index is 13.2. The van der Waals surface area contributed by atoms with Crippen molar-refractivity contribution in [2.45, 2.75) is 25.8 Å². The lowest BCUT2D eigenvalue weighted by Gasteiger charge is -2.41. The number of nitrogens with zero attached hydrogens (tertiary/aromatic N) is 4. The molecule has 11 heteroatoms. The average molecular weight is 472 g/mol. The van der Waals surface area contributed by atoms with E-state index < -0.39 is 5.97 Å². The van der Waals surface area contributed by atoms with Crippen LogP contribution in [-0.2, 0) is 14.3 Å². The molecule has 2 aromatic rings. The van der Waals surface area contributed by atoms with Crippen LogP contribution >= 0.6 is 0 Å². The molecule has 0 radical (unpaired) electrons. The van der Waals surface area contributed by atoms with Crippen LogP contribution in [0, 0.1) is 0 Å². The fourth-order valence-electron chi connectivity index (χ4n) is 4.09. The molecule has 2 saturated heterocycles. The molecule has 3 heterocycles. The first-order chi connectivity index (χ1) is 16.5. The van der Waals surface area contributed by atoms with E-state index in [1.807, 2.05) is 5.01 Å². The number of amides is 2. The Hall–Kier alpha value is -3.44. The van der Waals surface area contributed by atoms with Crippen molar-refractivity contribution < 1.29 is 28.6 Å². The Morgan fingerprint density at radius 2 is 1.91 bits per heavy atom. The van der Waals surface area contributed by atoms with E-state index in [0.717, 1.165) is 0 Å². The zero-order chi connectivity index (χ0) is 24.1. The second kappa shape index (κ2) is 10.7. The monoisotopic (exact) mass is 471 g/mol. The summed E-state index contributed by atoms with van der Waals surface area (Å²) in [6.07, 6.45) is 1.38. The van der Waals surface area contributed by atoms with Crippen molar-refractivity contribution in [2.24, 2.45) is 0 Å². The summed E-state index contributed by atoms with van der Waals surface area (Å²) in [5.41, 5.74) is 0.907. The molecule has 2 fully saturated rings. The number of aromatic nitrogens is 2. The first-order valence-corrected chi connectivity index (χ1v) is 11.4. The highest BCUT2D eigenvalue weighted by molar-refractivity contribution is 5.96. The summed E-state index contributed by atoms with van der Waals surface area (Å²) in [6.45, 7) is 4.41. The van der Waals surface area contributed by atoms with Gasteiger partial charge in [0.2, 0.25) is 0 Å². The molecule has 4 rings (SSSR count). The number of methoxy groups -OCH3 is 1. The molecule has 0 unspecified atom stereocenters. The number of hydrogen-bond donors (Lipinski definition) is 1. The molecule has 1 aromatic heterocycles. The normalized spacial score (nSPS) is 17.5. The summed E-state index contributed by atoms with van der Waals surface area (Å²) in [6, 6.07) is 8.41. The van der Waals surface area contributed by atoms with Gasteiger partial charge in [0.1, 0.15) is 18.1 Å². The lowest BCUT2D eigenvalue weighted by atomic mass is 10.1. The van der Waals surface area contributed by atoms with Gasteiger partial charge in [0.05, 0.1) is 32.6 Å². The van der Waals surface area contributed by atoms with Gasteiger partial charge < -0.3 is 19.5 Å². The van der Waals surface area contributed by atoms with Gasteiger partial charge in [-0.2, -0.15) is 5.10 Å². The van der Waals surface area contributed by atoms with E-state index in [9.17, 15) is 14.4 Å². The Balaban J connectivity index is 1.47. The summed E-state index contributed by atoms with van der Waals surface area (Å²) in [4.78, 5) is 37.6. The van der Waals surface area contributed by atoms with Crippen LogP contribution in [0.25, 0.3) is 5.69 Å². The highest BCUT2D eigenvalue weighted by Crippen LogP contribution is 2.19. The average Bonchev–Trinajstić information content (AvgIpc) is 3.31. The van der Waals surface area contributed by atoms with Gasteiger partial charge in [0.25, 0.3) is 11.8 Å². The predicted octanol–water partition coefficient (Wildman–Crippen LogP) is 1.03. The number of hydrazine groups is 1. The van der Waals surface area contributed by atoms with Crippen molar-refractivity contribution in [1.82, 2.24) is 25.1 Å². The van der Waals surface area contributed by atoms with E-state index in [1.165, 1.54) is 10.7 Å². The first kappa shape index (κ1) is 23.7. The lowest BCUT2D eigenvalue weighted by Crippen LogP contribution is -2.56. The van der Waals surface area contributed by atoms with E-state index >= 15 is 0 Å². The van der Waals surface area contributed by atoms with Gasteiger partial charge in [-0.15, -0.1) is 0 Å². The van der Waals surface area contributed by atoms with Crippen LogP contribution in [0.1, 0.15) is 40.7 Å². The third kappa shape index (κ3) is 5.20. The summed E-state index contributed by atoms with van der Waals surface area (Å²) in [5, 5.41) is 11.1. The molecule has 0 saturated carbocycles. The number of hydrogen-bond acceptors (Lipinski definition) is 8. The van der Waals surface area contributed by atoms with E-state index in [4.69, 9.17) is 14.2 Å². The van der Waals surface area contributed by atoms with Crippen LogP contribution in [0.4, 0.5) is 0 Å². The van der Waals surface area contributed by atoms with E-state index in [0.29, 0.717) is 50.5 Å². The quantitative estimate of drug-likeness (QED) is 0.596. The Morgan fingerprint density at radius 1 is 1.18 bits per heavy atom. The lowest BCUT2D eigenvalue weighted by molar-refractivity contribution is -0.167. The fraction of sp³-hybridized carbons (Fsp3) is 0.478. The van der Waals surface area contributed by atoms with Crippen molar-refractivity contribution in [2.75, 3.05) is 46.6 Å². The minimum atomic E-state index is -0.590. The molecule has 182 valence electrons. The molecule has 0 aliphatic carbocycles. The van der Waals surface area contributed by atoms with Gasteiger partial charge >= 0.3 is 5.97 Å². The third-order valence-corrected chi connectivity index (χ3v) is 5.85. The van der Waals surface area contributed by atoms with Gasteiger partial charge in [-0.05, 0) is 44.0 Å². The summed E-state index contributed by atoms with van der Waals surface area (Å²) in [7, 11) is 1.57. The Labute approximate surface area is 197 Å². The standard InChI is InChI=1S/C23H29N5O6/c1-3-34-23(31)19-14-20(28(25-19)17-4-6-18(32-2)7-5-17)22(30)24-16-8-10-26(11-9-16)27-12-13-33-15-21(27)29/h4-7,14,16H,3,8-13,15H2,1-2H3,(H,24,30). The molecule has 0 spiro atoms. The minimum Gasteiger partial charge on any atom is -0.497 e. The van der Waals surface area contributed by atoms with Crippen LogP contribution in [0.3, 0.4) is 0 Å². The molecule has 0 bridgehead atoms. The maximum Gasteiger partial charge on any atom is 0.358 e. The summed E-state index contributed by atoms with van der Waals surface area (Å²) >= 11 is 0. The predicted molar refractivity (Wildman–Crippen MR) is 121 cm³/mol. The number of esters is 1. The molecule has 2 amide bonds. The van der Waals surface area contributed by atoms with Crippen LogP contribution < -0.4 is 10.1 Å². The molecule has 2 aliphatic rings. The van der Waals surface area contributed by atoms with Crippen LogP contribution in [0.15, 0.2) is 30.3 Å². The molecule has 11 nitrogen and oxygen atoms in total. The molecule has 34 heavy (non-hydrogen) atoms. The maximum atomic E-state index is 13.2. The molecule has 0 atom stereocenters. The van der Waals surface area contributed by atoms with Crippen LogP contribution in [-0.4, -0.2) is 90.2 Å². The zero-order valence-corrected chi connectivity index (χ0v) is 19.4. The second-order valence-corrected chi connectivity index (χ2v) is 8.02. The smallest absolute Gasteiger partial charge is 0.358 e. The van der Waals surface area contributed by atoms with E-state index in [1.54, 1.807) is 43.3 Å². The Bertz CT molecular complexity index is 1030. The SMILES string of the molecule is CCOC(=O)c1cc(C(=O)NC2CCN(N3CCOCC3=O)CC2)n(-c2ccc(OC)cc2)n1. The first-order valence-electron chi connectivity index (χ1n) is 11.4. The largest absolute Gasteiger partial charge is 0.497 e. The molecule has 2 aliphatic heterocycles. The van der Waals surface area contributed by atoms with Gasteiger partial charge in [-0.3, -0.25) is 14.6 Å². The Kier molecular flexibility index (Phi) is 7.43. The topological polar surface area (TPSA) is 115 Å². The van der Waals surface area contributed by atoms with E-state index in [-0.39, 0.29) is 42.5 Å². The minimum absolute atomic E-state index is 0.0383. The summed E-state index contributed by atoms with van der Waals surface area (Å²) < 4.78 is 16.9. The van der Waals surface area contributed by atoms with Crippen molar-refractivity contribution in [1.29, 1.82) is 0 Å². The van der Waals surface area contributed by atoms with Gasteiger partial charge in [-0.25, -0.2) is 14.5 Å². The number of ether oxygens (including phenoxy) is 3. The number of nitrogens with one attached hydrogen (secondary N) is 1. The molecule has 1 aromatic carbocycles. The molecular formula is C23H29N5O6. The highest BCUT2D eigenvalue weighted by Gasteiger charge is 2.30. The van der Waals surface area contributed by atoms with Crippen molar-refractivity contribution >= 4 is 17.8 Å². The second-order valence-electron chi connectivity index (χ2n) is 8.02. The number of carbonyl (C=O) groups is 3. The number of rotatable bonds is 7. The fourth-order valence-corrected chi connectivity index (χ4v) is 4.09. The third-order valence-electron chi connectivity index (χ3n) is 5.85. The van der Waals surface area contributed by atoms with Crippen molar-refractivity contribution in [3.63, 3.8) is 0 Å². The molecular weight excluding hydrogens is 442 g/mol. The van der Waals surface area contributed by atoms with Crippen LogP contribution in [0.2, 0.25) is 0 Å². The van der Waals surface area contributed by atoms with Gasteiger partial charge in [-0.1, -0.05) is 0 Å². The van der Waals surface area contributed by atoms with E-state index in [2.05, 4.69) is 10.4 Å². The van der Waals surface area contributed by atoms with Crippen molar-refractivity contribution in [3.05, 3.63) is 41.7 Å². The summed E-state index contributed by atoms with van der Waals surface area (Å²) in [5.74, 6) is -0.297. The number of piperidine rings is 1. The highest BCUT2D eigenvalue weighted by atomic mass is 16.5. The number of morpholine rings is 1. The van der Waals surface area contributed by atoms with Crippen molar-refractivity contribution in [3.8, 4) is 11.4 Å². The Morgan fingerprint density at radius 3 is 2.56 bits per heavy atom. The number of benzene rings is 1. The number of carbonyl (C=O) groups excluding carboxylic acids is 3. The van der Waals surface area contributed by atoms with Gasteiger partial charge in [0, 0.05) is 25.2 Å². The van der Waals surface area contributed by atoms with Gasteiger partial charge in [0.15, 0.2) is 5.69 Å².